The molecule has 0 N–H and O–H groups in total. The van der Waals surface area contributed by atoms with E-state index >= 15 is 0 Å². The first-order valence-corrected chi connectivity index (χ1v) is 8.01. The Hall–Kier alpha value is 0.480. The molecular weight excluding hydrogens is 248 g/mol. The molecule has 0 radical (unpaired) electrons. The van der Waals surface area contributed by atoms with Crippen LogP contribution in [0.4, 0.5) is 0 Å². The van der Waals surface area contributed by atoms with Crippen molar-refractivity contribution in [1.29, 1.82) is 0 Å². The van der Waals surface area contributed by atoms with Gasteiger partial charge in [-0.15, -0.1) is 0 Å². The molecule has 0 nitrogen and oxygen atoms in total. The van der Waals surface area contributed by atoms with Gasteiger partial charge in [0, 0.05) is 5.33 Å². The van der Waals surface area contributed by atoms with Gasteiger partial charge in [0.2, 0.25) is 0 Å². The van der Waals surface area contributed by atoms with E-state index in [0.717, 1.165) is 0 Å². The number of halogens is 1. The lowest BCUT2D eigenvalue weighted by molar-refractivity contribution is 0.624. The molecule has 0 aromatic carbocycles. The number of hydrogen-bond acceptors (Lipinski definition) is 0. The van der Waals surface area contributed by atoms with Crippen molar-refractivity contribution >= 4 is 15.9 Å². The second kappa shape index (κ2) is 20.0. The van der Waals surface area contributed by atoms with Crippen molar-refractivity contribution in [3.05, 3.63) is 0 Å². The fourth-order valence-electron chi connectivity index (χ4n) is 1.37. The van der Waals surface area contributed by atoms with Gasteiger partial charge in [0.25, 0.3) is 0 Å². The third-order valence-electron chi connectivity index (χ3n) is 2.44. The van der Waals surface area contributed by atoms with Gasteiger partial charge < -0.3 is 0 Å². The van der Waals surface area contributed by atoms with E-state index in [4.69, 9.17) is 0 Å². The van der Waals surface area contributed by atoms with Gasteiger partial charge in [0.15, 0.2) is 0 Å². The Labute approximate surface area is 106 Å². The smallest absolute Gasteiger partial charge is 0.00313 e. The first-order valence-electron chi connectivity index (χ1n) is 6.89. The van der Waals surface area contributed by atoms with E-state index in [1.54, 1.807) is 0 Å². The van der Waals surface area contributed by atoms with Gasteiger partial charge in [-0.05, 0) is 6.42 Å². The number of unbranched alkanes of at least 4 members (excludes halogenated alkanes) is 8. The fourth-order valence-corrected chi connectivity index (χ4v) is 1.77. The van der Waals surface area contributed by atoms with Crippen molar-refractivity contribution in [3.8, 4) is 0 Å². The lowest BCUT2D eigenvalue weighted by atomic mass is 10.1. The molecule has 0 atom stereocenters. The summed E-state index contributed by atoms with van der Waals surface area (Å²) in [6, 6.07) is 0. The first-order chi connectivity index (χ1) is 7.33. The maximum atomic E-state index is 3.38. The van der Waals surface area contributed by atoms with Crippen molar-refractivity contribution < 1.29 is 0 Å². The third-order valence-corrected chi connectivity index (χ3v) is 3.01. The second-order valence-electron chi connectivity index (χ2n) is 4.16. The van der Waals surface area contributed by atoms with Crippen LogP contribution in [0.15, 0.2) is 0 Å². The summed E-state index contributed by atoms with van der Waals surface area (Å²) in [5, 5.41) is 1.17. The van der Waals surface area contributed by atoms with E-state index in [-0.39, 0.29) is 0 Å². The summed E-state index contributed by atoms with van der Waals surface area (Å²) in [7, 11) is 0. The van der Waals surface area contributed by atoms with Crippen LogP contribution < -0.4 is 0 Å². The molecule has 94 valence electrons. The maximum absolute atomic E-state index is 3.38. The van der Waals surface area contributed by atoms with E-state index in [9.17, 15) is 0 Å². The number of alkyl halides is 1. The minimum absolute atomic E-state index is 1.17. The van der Waals surface area contributed by atoms with E-state index in [2.05, 4.69) is 36.7 Å². The van der Waals surface area contributed by atoms with Crippen LogP contribution in [0.3, 0.4) is 0 Å². The minimum atomic E-state index is 1.17. The molecule has 0 spiro atoms. The average molecular weight is 279 g/mol. The molecule has 0 amide bonds. The highest BCUT2D eigenvalue weighted by Crippen LogP contribution is 2.03. The highest BCUT2D eigenvalue weighted by Gasteiger charge is 1.83. The zero-order valence-electron chi connectivity index (χ0n) is 11.2. The summed E-state index contributed by atoms with van der Waals surface area (Å²) in [5.41, 5.74) is 0. The van der Waals surface area contributed by atoms with Crippen molar-refractivity contribution in [2.45, 2.75) is 85.0 Å². The molecule has 0 saturated heterocycles. The van der Waals surface area contributed by atoms with E-state index in [1.165, 1.54) is 69.5 Å². The average Bonchev–Trinajstić information content (AvgIpc) is 2.26. The minimum Gasteiger partial charge on any atom is -0.0928 e. The molecule has 0 aliphatic rings. The number of hydrogen-bond donors (Lipinski definition) is 0. The highest BCUT2D eigenvalue weighted by molar-refractivity contribution is 9.09. The molecule has 15 heavy (non-hydrogen) atoms. The molecule has 0 aliphatic heterocycles. The van der Waals surface area contributed by atoms with E-state index in [1.807, 2.05) is 0 Å². The normalized spacial score (nSPS) is 9.60. The predicted octanol–water partition coefficient (Wildman–Crippen LogP) is 6.33. The largest absolute Gasteiger partial charge is 0.0928 e. The Morgan fingerprint density at radius 2 is 0.867 bits per heavy atom. The topological polar surface area (TPSA) is 0 Å². The van der Waals surface area contributed by atoms with Crippen LogP contribution in [0.25, 0.3) is 0 Å². The second-order valence-corrected chi connectivity index (χ2v) is 4.96. The summed E-state index contributed by atoms with van der Waals surface area (Å²) in [4.78, 5) is 0. The molecule has 0 heterocycles. The molecule has 0 aliphatic carbocycles. The summed E-state index contributed by atoms with van der Waals surface area (Å²) >= 11 is 3.38. The van der Waals surface area contributed by atoms with E-state index in [0.29, 0.717) is 0 Å². The zero-order valence-corrected chi connectivity index (χ0v) is 12.7. The summed E-state index contributed by atoms with van der Waals surface area (Å²) in [5.74, 6) is 0. The SMILES string of the molecule is CCCCCCBr.CCCCCCCC. The molecule has 0 saturated carbocycles. The van der Waals surface area contributed by atoms with Crippen LogP contribution in [0.2, 0.25) is 0 Å². The molecule has 0 unspecified atom stereocenters. The third kappa shape index (κ3) is 25.1. The summed E-state index contributed by atoms with van der Waals surface area (Å²) in [6.45, 7) is 6.74. The Kier molecular flexibility index (Phi) is 23.8. The molecule has 0 aromatic rings. The molecule has 0 aromatic heterocycles. The quantitative estimate of drug-likeness (QED) is 0.342. The van der Waals surface area contributed by atoms with Crippen molar-refractivity contribution in [2.75, 3.05) is 5.33 Å². The summed E-state index contributed by atoms with van der Waals surface area (Å²) < 4.78 is 0. The highest BCUT2D eigenvalue weighted by atomic mass is 79.9. The number of rotatable bonds is 9. The molecule has 0 fully saturated rings. The van der Waals surface area contributed by atoms with Gasteiger partial charge in [0.1, 0.15) is 0 Å². The van der Waals surface area contributed by atoms with Gasteiger partial charge in [-0.25, -0.2) is 0 Å². The van der Waals surface area contributed by atoms with Gasteiger partial charge in [-0.3, -0.25) is 0 Å². The molecule has 0 bridgehead atoms. The van der Waals surface area contributed by atoms with Crippen molar-refractivity contribution in [1.82, 2.24) is 0 Å². The Morgan fingerprint density at radius 3 is 1.13 bits per heavy atom. The van der Waals surface area contributed by atoms with Gasteiger partial charge >= 0.3 is 0 Å². The fraction of sp³-hybridized carbons (Fsp3) is 1.00. The van der Waals surface area contributed by atoms with Gasteiger partial charge in [0.05, 0.1) is 0 Å². The van der Waals surface area contributed by atoms with Crippen LogP contribution in [0, 0.1) is 0 Å². The zero-order chi connectivity index (χ0) is 11.8. The molecular formula is C14H31Br. The Morgan fingerprint density at radius 1 is 0.533 bits per heavy atom. The summed E-state index contributed by atoms with van der Waals surface area (Å²) in [6.07, 6.45) is 14.0. The molecule has 1 heteroatoms. The predicted molar refractivity (Wildman–Crippen MR) is 77.0 cm³/mol. The molecule has 0 rings (SSSR count). The monoisotopic (exact) mass is 278 g/mol. The van der Waals surface area contributed by atoms with Crippen molar-refractivity contribution in [3.63, 3.8) is 0 Å². The first kappa shape index (κ1) is 17.9. The van der Waals surface area contributed by atoms with Gasteiger partial charge in [-0.2, -0.15) is 0 Å². The van der Waals surface area contributed by atoms with Gasteiger partial charge in [-0.1, -0.05) is 94.5 Å². The maximum Gasteiger partial charge on any atom is 0.00313 e. The van der Waals surface area contributed by atoms with Crippen LogP contribution >= 0.6 is 15.9 Å². The van der Waals surface area contributed by atoms with Crippen LogP contribution in [-0.4, -0.2) is 5.33 Å². The Bertz CT molecular complexity index is 71.4. The van der Waals surface area contributed by atoms with Crippen LogP contribution in [-0.2, 0) is 0 Å². The Balaban J connectivity index is 0. The van der Waals surface area contributed by atoms with Crippen LogP contribution in [0.5, 0.6) is 0 Å². The standard InChI is InChI=1S/C8H18.C6H13Br/c1-3-5-7-8-6-4-2;1-2-3-4-5-6-7/h3-8H2,1-2H3;2-6H2,1H3. The lowest BCUT2D eigenvalue weighted by Gasteiger charge is -1.93. The lowest BCUT2D eigenvalue weighted by Crippen LogP contribution is -1.73. The van der Waals surface area contributed by atoms with Crippen LogP contribution in [0.1, 0.15) is 85.0 Å². The van der Waals surface area contributed by atoms with E-state index < -0.39 is 0 Å². The van der Waals surface area contributed by atoms with Crippen molar-refractivity contribution in [2.24, 2.45) is 0 Å².